The van der Waals surface area contributed by atoms with E-state index in [0.717, 1.165) is 16.5 Å². The van der Waals surface area contributed by atoms with Gasteiger partial charge in [0.2, 0.25) is 0 Å². The van der Waals surface area contributed by atoms with Gasteiger partial charge < -0.3 is 10.1 Å². The van der Waals surface area contributed by atoms with Crippen LogP contribution >= 0.6 is 0 Å². The summed E-state index contributed by atoms with van der Waals surface area (Å²) >= 11 is 0. The molecule has 5 heteroatoms. The number of carbonyl (C=O) groups is 3. The van der Waals surface area contributed by atoms with Crippen molar-refractivity contribution in [3.8, 4) is 0 Å². The summed E-state index contributed by atoms with van der Waals surface area (Å²) in [6.45, 7) is 7.73. The van der Waals surface area contributed by atoms with Crippen LogP contribution in [0.15, 0.2) is 41.8 Å². The molecule has 4 rings (SSSR count). The van der Waals surface area contributed by atoms with E-state index in [1.165, 1.54) is 0 Å². The number of H-pyrrole nitrogens is 1. The standard InChI is InChI=1S/C25H29NO4/c1-24(2)9-17(27)22(18(28)10-24)21(15-13-26-16-8-6-5-7-14(15)16)23-19(29)11-25(3,4)12-20(23)30/h5-8,13,21-22,26,29H,9-12H2,1-4H3/t21-/m0/s1. The molecule has 2 aliphatic carbocycles. The lowest BCUT2D eigenvalue weighted by Gasteiger charge is -2.38. The molecule has 1 saturated carbocycles. The van der Waals surface area contributed by atoms with E-state index in [1.807, 2.05) is 52.0 Å². The van der Waals surface area contributed by atoms with Crippen molar-refractivity contribution in [1.29, 1.82) is 0 Å². The first-order valence-corrected chi connectivity index (χ1v) is 10.6. The van der Waals surface area contributed by atoms with Crippen LogP contribution in [0.25, 0.3) is 10.9 Å². The number of hydrogen-bond acceptors (Lipinski definition) is 4. The SMILES string of the molecule is CC1(C)CC(=O)C([C@@H](C2=C(O)CC(C)(C)CC2=O)c2c[nH]c3ccccc23)C(=O)C1. The highest BCUT2D eigenvalue weighted by Crippen LogP contribution is 2.48. The molecule has 1 heterocycles. The Morgan fingerprint density at radius 3 is 2.17 bits per heavy atom. The zero-order valence-electron chi connectivity index (χ0n) is 18.0. The van der Waals surface area contributed by atoms with Crippen molar-refractivity contribution in [3.05, 3.63) is 47.4 Å². The normalized spacial score (nSPS) is 23.3. The Bertz CT molecular complexity index is 1070. The smallest absolute Gasteiger partial charge is 0.163 e. The van der Waals surface area contributed by atoms with Crippen molar-refractivity contribution in [2.24, 2.45) is 16.7 Å². The van der Waals surface area contributed by atoms with Crippen molar-refractivity contribution in [2.45, 2.75) is 59.3 Å². The zero-order valence-corrected chi connectivity index (χ0v) is 18.0. The summed E-state index contributed by atoms with van der Waals surface area (Å²) in [5.41, 5.74) is 1.11. The van der Waals surface area contributed by atoms with Gasteiger partial charge in [0.05, 0.1) is 5.92 Å². The summed E-state index contributed by atoms with van der Waals surface area (Å²) in [6.07, 6.45) is 2.99. The number of benzene rings is 1. The maximum absolute atomic E-state index is 13.2. The molecule has 1 aromatic carbocycles. The molecule has 0 unspecified atom stereocenters. The zero-order chi connectivity index (χ0) is 21.8. The highest BCUT2D eigenvalue weighted by molar-refractivity contribution is 6.10. The molecular weight excluding hydrogens is 378 g/mol. The number of ketones is 3. The lowest BCUT2D eigenvalue weighted by molar-refractivity contribution is -0.140. The van der Waals surface area contributed by atoms with Gasteiger partial charge in [0.1, 0.15) is 17.3 Å². The second-order valence-electron chi connectivity index (χ2n) is 10.5. The molecule has 1 fully saturated rings. The number of rotatable bonds is 3. The van der Waals surface area contributed by atoms with E-state index in [4.69, 9.17) is 0 Å². The molecule has 0 bridgehead atoms. The lowest BCUT2D eigenvalue weighted by Crippen LogP contribution is -2.43. The molecule has 2 N–H and O–H groups in total. The number of aliphatic hydroxyl groups excluding tert-OH is 1. The molecule has 2 aromatic rings. The molecule has 30 heavy (non-hydrogen) atoms. The number of aromatic amines is 1. The van der Waals surface area contributed by atoms with E-state index in [2.05, 4.69) is 4.98 Å². The van der Waals surface area contributed by atoms with Gasteiger partial charge in [0, 0.05) is 54.3 Å². The van der Waals surface area contributed by atoms with Crippen LogP contribution in [0.5, 0.6) is 0 Å². The van der Waals surface area contributed by atoms with Crippen LogP contribution in [0.3, 0.4) is 0 Å². The Morgan fingerprint density at radius 1 is 0.933 bits per heavy atom. The van der Waals surface area contributed by atoms with Crippen LogP contribution in [-0.2, 0) is 14.4 Å². The molecule has 0 amide bonds. The fourth-order valence-electron chi connectivity index (χ4n) is 5.28. The quantitative estimate of drug-likeness (QED) is 0.699. The number of fused-ring (bicyclic) bond motifs is 1. The van der Waals surface area contributed by atoms with Gasteiger partial charge in [-0.1, -0.05) is 45.9 Å². The molecule has 0 aliphatic heterocycles. The minimum Gasteiger partial charge on any atom is -0.512 e. The Hall–Kier alpha value is -2.69. The molecular formula is C25H29NO4. The van der Waals surface area contributed by atoms with E-state index >= 15 is 0 Å². The number of aromatic nitrogens is 1. The third kappa shape index (κ3) is 3.51. The van der Waals surface area contributed by atoms with Crippen molar-refractivity contribution in [3.63, 3.8) is 0 Å². The van der Waals surface area contributed by atoms with Crippen LogP contribution in [0.4, 0.5) is 0 Å². The number of nitrogens with one attached hydrogen (secondary N) is 1. The molecule has 1 atom stereocenters. The van der Waals surface area contributed by atoms with Gasteiger partial charge in [-0.05, 0) is 22.5 Å². The fourth-order valence-corrected chi connectivity index (χ4v) is 5.28. The summed E-state index contributed by atoms with van der Waals surface area (Å²) in [5, 5.41) is 11.8. The minimum absolute atomic E-state index is 0.0111. The fraction of sp³-hybridized carbons (Fsp3) is 0.480. The maximum atomic E-state index is 13.2. The second kappa shape index (κ2) is 6.93. The van der Waals surface area contributed by atoms with Crippen LogP contribution < -0.4 is 0 Å². The van der Waals surface area contributed by atoms with Crippen LogP contribution in [0.1, 0.15) is 64.9 Å². The third-order valence-corrected chi connectivity index (χ3v) is 6.50. The highest BCUT2D eigenvalue weighted by Gasteiger charge is 2.49. The first kappa shape index (κ1) is 20.6. The molecule has 158 valence electrons. The summed E-state index contributed by atoms with van der Waals surface area (Å²) in [7, 11) is 0. The van der Waals surface area contributed by atoms with E-state index < -0.39 is 11.8 Å². The van der Waals surface area contributed by atoms with E-state index in [-0.39, 0.29) is 58.8 Å². The van der Waals surface area contributed by atoms with Gasteiger partial charge in [-0.25, -0.2) is 0 Å². The third-order valence-electron chi connectivity index (χ3n) is 6.50. The summed E-state index contributed by atoms with van der Waals surface area (Å²) in [6, 6.07) is 7.64. The average Bonchev–Trinajstić information content (AvgIpc) is 3.00. The maximum Gasteiger partial charge on any atom is 0.163 e. The van der Waals surface area contributed by atoms with Crippen LogP contribution in [-0.4, -0.2) is 27.4 Å². The Balaban J connectivity index is 1.92. The number of Topliss-reactive ketones (excluding diaryl/α,β-unsaturated/α-hetero) is 3. The van der Waals surface area contributed by atoms with Crippen LogP contribution in [0, 0.1) is 16.7 Å². The monoisotopic (exact) mass is 407 g/mol. The molecule has 5 nitrogen and oxygen atoms in total. The first-order valence-electron chi connectivity index (χ1n) is 10.6. The van der Waals surface area contributed by atoms with Gasteiger partial charge >= 0.3 is 0 Å². The topological polar surface area (TPSA) is 87.2 Å². The number of carbonyl (C=O) groups excluding carboxylic acids is 3. The first-order chi connectivity index (χ1) is 14.0. The van der Waals surface area contributed by atoms with Crippen molar-refractivity contribution in [1.82, 2.24) is 4.98 Å². The van der Waals surface area contributed by atoms with Crippen molar-refractivity contribution < 1.29 is 19.5 Å². The molecule has 0 saturated heterocycles. The molecule has 1 aromatic heterocycles. The summed E-state index contributed by atoms with van der Waals surface area (Å²) in [5.74, 6) is -2.17. The second-order valence-corrected chi connectivity index (χ2v) is 10.5. The van der Waals surface area contributed by atoms with Gasteiger partial charge in [0.15, 0.2) is 5.78 Å². The Labute approximate surface area is 176 Å². The van der Waals surface area contributed by atoms with Gasteiger partial charge in [-0.2, -0.15) is 0 Å². The number of para-hydroxylation sites is 1. The van der Waals surface area contributed by atoms with Gasteiger partial charge in [0.25, 0.3) is 0 Å². The van der Waals surface area contributed by atoms with Crippen molar-refractivity contribution >= 4 is 28.3 Å². The molecule has 2 aliphatic rings. The molecule has 0 radical (unpaired) electrons. The Kier molecular flexibility index (Phi) is 4.75. The van der Waals surface area contributed by atoms with Crippen LogP contribution in [0.2, 0.25) is 0 Å². The summed E-state index contributed by atoms with van der Waals surface area (Å²) < 4.78 is 0. The lowest BCUT2D eigenvalue weighted by atomic mass is 9.62. The predicted molar refractivity (Wildman–Crippen MR) is 115 cm³/mol. The van der Waals surface area contributed by atoms with Gasteiger partial charge in [-0.3, -0.25) is 14.4 Å². The largest absolute Gasteiger partial charge is 0.512 e. The minimum atomic E-state index is -0.945. The van der Waals surface area contributed by atoms with E-state index in [0.29, 0.717) is 6.42 Å². The highest BCUT2D eigenvalue weighted by atomic mass is 16.3. The predicted octanol–water partition coefficient (Wildman–Crippen LogP) is 5.03. The number of hydrogen-bond donors (Lipinski definition) is 2. The number of aliphatic hydroxyl groups is 1. The average molecular weight is 408 g/mol. The van der Waals surface area contributed by atoms with E-state index in [9.17, 15) is 19.5 Å². The van der Waals surface area contributed by atoms with E-state index in [1.54, 1.807) is 6.20 Å². The molecule has 0 spiro atoms. The number of allylic oxidation sites excluding steroid dienone is 2. The Morgan fingerprint density at radius 2 is 1.53 bits per heavy atom. The summed E-state index contributed by atoms with van der Waals surface area (Å²) in [4.78, 5) is 42.9. The van der Waals surface area contributed by atoms with Crippen molar-refractivity contribution in [2.75, 3.05) is 0 Å². The van der Waals surface area contributed by atoms with Gasteiger partial charge in [-0.15, -0.1) is 0 Å².